The van der Waals surface area contributed by atoms with E-state index >= 15 is 0 Å². The predicted octanol–water partition coefficient (Wildman–Crippen LogP) is 2.08. The van der Waals surface area contributed by atoms with E-state index in [1.165, 1.54) is 12.5 Å². The van der Waals surface area contributed by atoms with Gasteiger partial charge < -0.3 is 4.42 Å². The molecule has 0 aliphatic carbocycles. The number of benzene rings is 1. The van der Waals surface area contributed by atoms with Gasteiger partial charge in [-0.1, -0.05) is 6.07 Å². The van der Waals surface area contributed by atoms with Gasteiger partial charge >= 0.3 is 0 Å². The van der Waals surface area contributed by atoms with E-state index in [0.717, 1.165) is 11.8 Å². The predicted molar refractivity (Wildman–Crippen MR) is 50.0 cm³/mol. The highest BCUT2D eigenvalue weighted by Crippen LogP contribution is 2.14. The molecule has 1 aromatic carbocycles. The monoisotopic (exact) mass is 190 g/mol. The molecule has 0 radical (unpaired) electrons. The van der Waals surface area contributed by atoms with E-state index in [1.807, 2.05) is 0 Å². The van der Waals surface area contributed by atoms with E-state index < -0.39 is 4.92 Å². The van der Waals surface area contributed by atoms with E-state index in [2.05, 4.69) is 4.98 Å². The highest BCUT2D eigenvalue weighted by Gasteiger charge is 1.98. The number of nitrogens with zero attached hydrogens (tertiary/aromatic N) is 2. The molecule has 2 aromatic rings. The summed E-state index contributed by atoms with van der Waals surface area (Å²) in [5, 5.41) is 10.1. The van der Waals surface area contributed by atoms with Gasteiger partial charge in [-0.05, 0) is 17.7 Å². The second kappa shape index (κ2) is 3.29. The lowest BCUT2D eigenvalue weighted by atomic mass is 10.2. The summed E-state index contributed by atoms with van der Waals surface area (Å²) in [5.74, 6) is 0. The molecule has 2 rings (SSSR count). The van der Waals surface area contributed by atoms with Gasteiger partial charge in [0.15, 0.2) is 12.0 Å². The van der Waals surface area contributed by atoms with Crippen LogP contribution in [0.3, 0.4) is 0 Å². The maximum Gasteiger partial charge on any atom is 0.235 e. The maximum absolute atomic E-state index is 10.1. The van der Waals surface area contributed by atoms with Crippen molar-refractivity contribution in [3.63, 3.8) is 0 Å². The van der Waals surface area contributed by atoms with Crippen LogP contribution in [0.5, 0.6) is 0 Å². The van der Waals surface area contributed by atoms with Crippen molar-refractivity contribution < 1.29 is 9.34 Å². The van der Waals surface area contributed by atoms with Crippen LogP contribution in [0.2, 0.25) is 0 Å². The number of aromatic nitrogens is 1. The summed E-state index contributed by atoms with van der Waals surface area (Å²) >= 11 is 0. The third-order valence-electron chi connectivity index (χ3n) is 1.74. The normalized spacial score (nSPS) is 11.1. The number of hydrogen-bond acceptors (Lipinski definition) is 4. The first kappa shape index (κ1) is 8.43. The molecule has 0 fully saturated rings. The maximum atomic E-state index is 10.1. The van der Waals surface area contributed by atoms with Crippen LogP contribution in [0, 0.1) is 10.1 Å². The SMILES string of the molecule is O=[N+]([O-])C=Cc1ccc2ocnc2c1. The van der Waals surface area contributed by atoms with Gasteiger partial charge in [0.1, 0.15) is 5.52 Å². The Bertz CT molecular complexity index is 501. The molecule has 0 unspecified atom stereocenters. The number of nitro groups is 1. The van der Waals surface area contributed by atoms with E-state index in [4.69, 9.17) is 4.42 Å². The lowest BCUT2D eigenvalue weighted by Gasteiger charge is -1.89. The average Bonchev–Trinajstić information content (AvgIpc) is 2.61. The third-order valence-corrected chi connectivity index (χ3v) is 1.74. The van der Waals surface area contributed by atoms with Gasteiger partial charge in [0.2, 0.25) is 6.20 Å². The van der Waals surface area contributed by atoms with E-state index in [9.17, 15) is 10.1 Å². The summed E-state index contributed by atoms with van der Waals surface area (Å²) in [6, 6.07) is 5.17. The Balaban J connectivity index is 2.39. The number of rotatable bonds is 2. The molecule has 0 saturated heterocycles. The Morgan fingerprint density at radius 3 is 3.14 bits per heavy atom. The quantitative estimate of drug-likeness (QED) is 0.537. The molecule has 5 heteroatoms. The second-order valence-electron chi connectivity index (χ2n) is 2.68. The van der Waals surface area contributed by atoms with Crippen molar-refractivity contribution in [3.05, 3.63) is 46.5 Å². The fourth-order valence-electron chi connectivity index (χ4n) is 1.13. The molecule has 1 heterocycles. The zero-order chi connectivity index (χ0) is 9.97. The summed E-state index contributed by atoms with van der Waals surface area (Å²) in [5.41, 5.74) is 2.09. The summed E-state index contributed by atoms with van der Waals surface area (Å²) < 4.78 is 5.03. The lowest BCUT2D eigenvalue weighted by molar-refractivity contribution is -0.400. The van der Waals surface area contributed by atoms with Gasteiger partial charge in [0.05, 0.1) is 4.92 Å². The topological polar surface area (TPSA) is 69.2 Å². The zero-order valence-electron chi connectivity index (χ0n) is 7.08. The molecule has 0 atom stereocenters. The van der Waals surface area contributed by atoms with Crippen molar-refractivity contribution in [2.45, 2.75) is 0 Å². The van der Waals surface area contributed by atoms with Crippen molar-refractivity contribution in [2.75, 3.05) is 0 Å². The standard InChI is InChI=1S/C9H6N2O3/c12-11(13)4-3-7-1-2-9-8(5-7)10-6-14-9/h1-6H. The van der Waals surface area contributed by atoms with Crippen LogP contribution in [0.4, 0.5) is 0 Å². The Morgan fingerprint density at radius 1 is 1.50 bits per heavy atom. The van der Waals surface area contributed by atoms with Crippen molar-refractivity contribution in [2.24, 2.45) is 0 Å². The highest BCUT2D eigenvalue weighted by atomic mass is 16.6. The van der Waals surface area contributed by atoms with E-state index in [-0.39, 0.29) is 0 Å². The number of oxazole rings is 1. The average molecular weight is 190 g/mol. The summed E-state index contributed by atoms with van der Waals surface area (Å²) in [6.45, 7) is 0. The molecule has 0 amide bonds. The van der Waals surface area contributed by atoms with Gasteiger partial charge in [-0.2, -0.15) is 0 Å². The molecule has 5 nitrogen and oxygen atoms in total. The second-order valence-corrected chi connectivity index (χ2v) is 2.68. The highest BCUT2D eigenvalue weighted by molar-refractivity contribution is 5.75. The van der Waals surface area contributed by atoms with Crippen LogP contribution in [0.1, 0.15) is 5.56 Å². The molecule has 0 aliphatic rings. The molecule has 70 valence electrons. The van der Waals surface area contributed by atoms with Crippen molar-refractivity contribution in [1.29, 1.82) is 0 Å². The number of fused-ring (bicyclic) bond motifs is 1. The van der Waals surface area contributed by atoms with Crippen molar-refractivity contribution >= 4 is 17.2 Å². The third kappa shape index (κ3) is 1.61. The first-order valence-electron chi connectivity index (χ1n) is 3.91. The van der Waals surface area contributed by atoms with Crippen LogP contribution in [0.15, 0.2) is 35.2 Å². The van der Waals surface area contributed by atoms with Crippen LogP contribution in [-0.2, 0) is 0 Å². The van der Waals surface area contributed by atoms with Gasteiger partial charge in [-0.3, -0.25) is 10.1 Å². The van der Waals surface area contributed by atoms with Gasteiger partial charge in [-0.15, -0.1) is 0 Å². The smallest absolute Gasteiger partial charge is 0.235 e. The Labute approximate surface area is 78.8 Å². The molecule has 1 aromatic heterocycles. The minimum atomic E-state index is -0.507. The molecule has 0 bridgehead atoms. The van der Waals surface area contributed by atoms with Crippen LogP contribution < -0.4 is 0 Å². The Hall–Kier alpha value is -2.17. The van der Waals surface area contributed by atoms with Crippen LogP contribution in [-0.4, -0.2) is 9.91 Å². The van der Waals surface area contributed by atoms with E-state index in [0.29, 0.717) is 11.1 Å². The van der Waals surface area contributed by atoms with Crippen LogP contribution in [0.25, 0.3) is 17.2 Å². The van der Waals surface area contributed by atoms with Crippen molar-refractivity contribution in [1.82, 2.24) is 4.98 Å². The number of hydrogen-bond donors (Lipinski definition) is 0. The molecule has 14 heavy (non-hydrogen) atoms. The largest absolute Gasteiger partial charge is 0.443 e. The Kier molecular flexibility index (Phi) is 1.98. The zero-order valence-corrected chi connectivity index (χ0v) is 7.08. The molecular formula is C9H6N2O3. The molecule has 0 aliphatic heterocycles. The summed E-state index contributed by atoms with van der Waals surface area (Å²) in [6.07, 6.45) is 3.64. The molecule has 0 N–H and O–H groups in total. The Morgan fingerprint density at radius 2 is 2.36 bits per heavy atom. The first-order chi connectivity index (χ1) is 6.75. The van der Waals surface area contributed by atoms with Crippen LogP contribution >= 0.6 is 0 Å². The molecule has 0 saturated carbocycles. The lowest BCUT2D eigenvalue weighted by Crippen LogP contribution is -1.82. The summed E-state index contributed by atoms with van der Waals surface area (Å²) in [4.78, 5) is 13.5. The fraction of sp³-hybridized carbons (Fsp3) is 0. The molecular weight excluding hydrogens is 184 g/mol. The fourth-order valence-corrected chi connectivity index (χ4v) is 1.13. The first-order valence-corrected chi connectivity index (χ1v) is 3.91. The van der Waals surface area contributed by atoms with Gasteiger partial charge in [0.25, 0.3) is 0 Å². The minimum Gasteiger partial charge on any atom is -0.443 e. The van der Waals surface area contributed by atoms with Gasteiger partial charge in [0, 0.05) is 6.08 Å². The van der Waals surface area contributed by atoms with Crippen molar-refractivity contribution in [3.8, 4) is 0 Å². The minimum absolute atomic E-state index is 0.507. The van der Waals surface area contributed by atoms with E-state index in [1.54, 1.807) is 18.2 Å². The summed E-state index contributed by atoms with van der Waals surface area (Å²) in [7, 11) is 0. The molecule has 0 spiro atoms. The van der Waals surface area contributed by atoms with Gasteiger partial charge in [-0.25, -0.2) is 4.98 Å².